The Morgan fingerprint density at radius 3 is 2.31 bits per heavy atom. The lowest BCUT2D eigenvalue weighted by atomic mass is 10.1. The monoisotopic (exact) mass is 204 g/mol. The van der Waals surface area contributed by atoms with E-state index >= 15 is 0 Å². The van der Waals surface area contributed by atoms with E-state index in [-0.39, 0.29) is 17.2 Å². The van der Waals surface area contributed by atoms with E-state index in [0.29, 0.717) is 0 Å². The van der Waals surface area contributed by atoms with E-state index in [1.165, 1.54) is 6.07 Å². The van der Waals surface area contributed by atoms with Gasteiger partial charge in [-0.2, -0.15) is 0 Å². The van der Waals surface area contributed by atoms with E-state index < -0.39 is 5.82 Å². The maximum Gasteiger partial charge on any atom is 0.147 e. The molecule has 0 saturated heterocycles. The summed E-state index contributed by atoms with van der Waals surface area (Å²) in [5.41, 5.74) is 0.993. The number of aryl methyl sites for hydroxylation is 1. The average molecular weight is 205 g/mol. The normalized spacial score (nSPS) is 9.08. The molecule has 0 fully saturated rings. The van der Waals surface area contributed by atoms with Crippen LogP contribution < -0.4 is 0 Å². The van der Waals surface area contributed by atoms with Crippen molar-refractivity contribution < 1.29 is 9.50 Å². The van der Waals surface area contributed by atoms with Crippen LogP contribution in [-0.2, 0) is 6.61 Å². The molecule has 0 radical (unpaired) electrons. The molecule has 0 heterocycles. The Bertz CT molecular complexity index is 274. The lowest BCUT2D eigenvalue weighted by molar-refractivity contribution is 0.275. The van der Waals surface area contributed by atoms with E-state index in [1.54, 1.807) is 13.0 Å². The molecular formula is C10H14ClFO. The number of hydrogen-bond acceptors (Lipinski definition) is 1. The molecule has 0 aliphatic carbocycles. The molecule has 1 nitrogen and oxygen atoms in total. The molecule has 0 aliphatic heterocycles. The highest BCUT2D eigenvalue weighted by Crippen LogP contribution is 2.20. The smallest absolute Gasteiger partial charge is 0.147 e. The van der Waals surface area contributed by atoms with Crippen molar-refractivity contribution >= 4 is 11.6 Å². The predicted molar refractivity (Wildman–Crippen MR) is 53.4 cm³/mol. The molecule has 0 unspecified atom stereocenters. The molecule has 0 amide bonds. The standard InChI is InChI=1S/C8H8ClFO.C2H6/c1-5-2-3-7(9)8(10)6(5)4-11;1-2/h2-3,11H,4H2,1H3;1-2H3. The van der Waals surface area contributed by atoms with Crippen molar-refractivity contribution in [3.05, 3.63) is 34.1 Å². The number of aliphatic hydroxyl groups is 1. The molecule has 0 aromatic heterocycles. The van der Waals surface area contributed by atoms with Crippen LogP contribution in [0.4, 0.5) is 4.39 Å². The molecule has 0 aliphatic rings. The summed E-state index contributed by atoms with van der Waals surface area (Å²) in [5.74, 6) is -0.519. The van der Waals surface area contributed by atoms with Gasteiger partial charge in [0.05, 0.1) is 11.6 Å². The van der Waals surface area contributed by atoms with Gasteiger partial charge in [-0.1, -0.05) is 31.5 Å². The van der Waals surface area contributed by atoms with Crippen molar-refractivity contribution in [1.82, 2.24) is 0 Å². The molecule has 1 aromatic rings. The van der Waals surface area contributed by atoms with Crippen LogP contribution in [0.3, 0.4) is 0 Å². The maximum absolute atomic E-state index is 13.0. The zero-order valence-corrected chi connectivity index (χ0v) is 8.82. The van der Waals surface area contributed by atoms with Crippen molar-refractivity contribution in [3.8, 4) is 0 Å². The topological polar surface area (TPSA) is 20.2 Å². The van der Waals surface area contributed by atoms with Crippen molar-refractivity contribution in [2.24, 2.45) is 0 Å². The van der Waals surface area contributed by atoms with Crippen LogP contribution >= 0.6 is 11.6 Å². The molecule has 0 bridgehead atoms. The molecule has 1 aromatic carbocycles. The quantitative estimate of drug-likeness (QED) is 0.744. The van der Waals surface area contributed by atoms with Crippen LogP contribution in [0.25, 0.3) is 0 Å². The Morgan fingerprint density at radius 1 is 1.38 bits per heavy atom. The number of halogens is 2. The number of hydrogen-bond donors (Lipinski definition) is 1. The van der Waals surface area contributed by atoms with Gasteiger partial charge in [-0.15, -0.1) is 0 Å². The second-order valence-corrected chi connectivity index (χ2v) is 2.72. The van der Waals surface area contributed by atoms with Crippen LogP contribution in [0.15, 0.2) is 12.1 Å². The summed E-state index contributed by atoms with van der Waals surface area (Å²) in [6.07, 6.45) is 0. The van der Waals surface area contributed by atoms with Crippen molar-refractivity contribution in [2.45, 2.75) is 27.4 Å². The minimum Gasteiger partial charge on any atom is -0.392 e. The Labute approximate surface area is 83.2 Å². The van der Waals surface area contributed by atoms with Gasteiger partial charge < -0.3 is 5.11 Å². The first kappa shape index (κ1) is 12.4. The average Bonchev–Trinajstić information content (AvgIpc) is 2.16. The highest BCUT2D eigenvalue weighted by molar-refractivity contribution is 6.30. The summed E-state index contributed by atoms with van der Waals surface area (Å²) in [6.45, 7) is 5.42. The second kappa shape index (κ2) is 5.95. The van der Waals surface area contributed by atoms with Crippen LogP contribution in [0.2, 0.25) is 5.02 Å². The molecule has 0 spiro atoms. The Morgan fingerprint density at radius 2 is 1.92 bits per heavy atom. The zero-order chi connectivity index (χ0) is 10.4. The fraction of sp³-hybridized carbons (Fsp3) is 0.400. The van der Waals surface area contributed by atoms with Crippen molar-refractivity contribution in [2.75, 3.05) is 0 Å². The fourth-order valence-corrected chi connectivity index (χ4v) is 1.06. The molecule has 74 valence electrons. The second-order valence-electron chi connectivity index (χ2n) is 2.31. The highest BCUT2D eigenvalue weighted by atomic mass is 35.5. The van der Waals surface area contributed by atoms with Crippen LogP contribution in [0.1, 0.15) is 25.0 Å². The van der Waals surface area contributed by atoms with E-state index in [2.05, 4.69) is 0 Å². The lowest BCUT2D eigenvalue weighted by Crippen LogP contribution is -1.94. The summed E-state index contributed by atoms with van der Waals surface area (Å²) in [5, 5.41) is 8.78. The van der Waals surface area contributed by atoms with Gasteiger partial charge in [0.2, 0.25) is 0 Å². The first-order valence-electron chi connectivity index (χ1n) is 4.21. The van der Waals surface area contributed by atoms with Gasteiger partial charge in [-0.3, -0.25) is 0 Å². The summed E-state index contributed by atoms with van der Waals surface area (Å²) < 4.78 is 13.0. The molecule has 0 saturated carbocycles. The number of benzene rings is 1. The van der Waals surface area contributed by atoms with Gasteiger partial charge >= 0.3 is 0 Å². The maximum atomic E-state index is 13.0. The molecule has 1 rings (SSSR count). The molecule has 13 heavy (non-hydrogen) atoms. The number of rotatable bonds is 1. The van der Waals surface area contributed by atoms with Crippen LogP contribution in [0.5, 0.6) is 0 Å². The minimum absolute atomic E-state index is 0.0552. The van der Waals surface area contributed by atoms with Gasteiger partial charge in [0.1, 0.15) is 5.82 Å². The van der Waals surface area contributed by atoms with Gasteiger partial charge in [0, 0.05) is 5.56 Å². The van der Waals surface area contributed by atoms with E-state index in [1.807, 2.05) is 13.8 Å². The first-order chi connectivity index (χ1) is 6.16. The zero-order valence-electron chi connectivity index (χ0n) is 8.06. The van der Waals surface area contributed by atoms with Crippen molar-refractivity contribution in [3.63, 3.8) is 0 Å². The third-order valence-corrected chi connectivity index (χ3v) is 1.88. The Kier molecular flexibility index (Phi) is 5.67. The minimum atomic E-state index is -0.519. The summed E-state index contributed by atoms with van der Waals surface area (Å²) in [7, 11) is 0. The SMILES string of the molecule is CC.Cc1ccc(Cl)c(F)c1CO. The van der Waals surface area contributed by atoms with E-state index in [0.717, 1.165) is 5.56 Å². The third kappa shape index (κ3) is 2.98. The first-order valence-corrected chi connectivity index (χ1v) is 4.59. The van der Waals surface area contributed by atoms with Crippen molar-refractivity contribution in [1.29, 1.82) is 0 Å². The summed E-state index contributed by atoms with van der Waals surface area (Å²) in [6, 6.07) is 3.16. The fourth-order valence-electron chi connectivity index (χ4n) is 0.883. The largest absolute Gasteiger partial charge is 0.392 e. The van der Waals surface area contributed by atoms with Gasteiger partial charge in [0.25, 0.3) is 0 Å². The molecular weight excluding hydrogens is 191 g/mol. The molecule has 0 atom stereocenters. The van der Waals surface area contributed by atoms with Crippen LogP contribution in [-0.4, -0.2) is 5.11 Å². The van der Waals surface area contributed by atoms with Gasteiger partial charge in [-0.25, -0.2) is 4.39 Å². The van der Waals surface area contributed by atoms with Crippen LogP contribution in [0, 0.1) is 12.7 Å². The predicted octanol–water partition coefficient (Wildman–Crippen LogP) is 3.31. The summed E-state index contributed by atoms with van der Waals surface area (Å²) in [4.78, 5) is 0. The number of aliphatic hydroxyl groups excluding tert-OH is 1. The van der Waals surface area contributed by atoms with Gasteiger partial charge in [-0.05, 0) is 18.6 Å². The van der Waals surface area contributed by atoms with Gasteiger partial charge in [0.15, 0.2) is 0 Å². The third-order valence-electron chi connectivity index (χ3n) is 1.59. The Hall–Kier alpha value is -0.600. The summed E-state index contributed by atoms with van der Waals surface area (Å²) >= 11 is 5.48. The molecule has 1 N–H and O–H groups in total. The molecule has 3 heteroatoms. The van der Waals surface area contributed by atoms with E-state index in [4.69, 9.17) is 16.7 Å². The Balaban J connectivity index is 0.000000671. The lowest BCUT2D eigenvalue weighted by Gasteiger charge is -2.04. The highest BCUT2D eigenvalue weighted by Gasteiger charge is 2.07. The van der Waals surface area contributed by atoms with E-state index in [9.17, 15) is 4.39 Å².